The number of primary amides is 1. The van der Waals surface area contributed by atoms with Gasteiger partial charge in [-0.15, -0.1) is 0 Å². The molecule has 120 valence electrons. The van der Waals surface area contributed by atoms with Gasteiger partial charge >= 0.3 is 0 Å². The fraction of sp³-hybridized carbons (Fsp3) is 0.375. The van der Waals surface area contributed by atoms with Gasteiger partial charge in [0.2, 0.25) is 11.9 Å². The first kappa shape index (κ1) is 15.3. The van der Waals surface area contributed by atoms with Crippen LogP contribution in [-0.4, -0.2) is 27.4 Å². The molecule has 7 heteroatoms. The molecule has 0 aromatic carbocycles. The predicted octanol–water partition coefficient (Wildman–Crippen LogP) is 1.57. The summed E-state index contributed by atoms with van der Waals surface area (Å²) in [5.41, 5.74) is 5.99. The van der Waals surface area contributed by atoms with Crippen LogP contribution < -0.4 is 11.1 Å². The first-order valence-electron chi connectivity index (χ1n) is 7.53. The number of amides is 1. The fourth-order valence-corrected chi connectivity index (χ4v) is 2.86. The number of anilines is 1. The summed E-state index contributed by atoms with van der Waals surface area (Å²) < 4.78 is 14.0. The standard InChI is InChI=1S/C16H18FN5O/c17-12-3-1-6-19-14(12)16(4-2-5-16)10-22-15-20-8-11(9-21-15)7-13(18)23/h1,3,6,8-9H,2,4-5,7,10H2,(H2,18,23)(H,20,21,22). The van der Waals surface area contributed by atoms with E-state index in [0.717, 1.165) is 19.3 Å². The lowest BCUT2D eigenvalue weighted by Gasteiger charge is -2.41. The molecule has 0 radical (unpaired) electrons. The maximum Gasteiger partial charge on any atom is 0.222 e. The summed E-state index contributed by atoms with van der Waals surface area (Å²) in [7, 11) is 0. The maximum absolute atomic E-state index is 14.0. The molecule has 6 nitrogen and oxygen atoms in total. The van der Waals surface area contributed by atoms with Crippen LogP contribution in [0.25, 0.3) is 0 Å². The molecule has 1 fully saturated rings. The highest BCUT2D eigenvalue weighted by atomic mass is 19.1. The average Bonchev–Trinajstić information content (AvgIpc) is 2.49. The lowest BCUT2D eigenvalue weighted by molar-refractivity contribution is -0.117. The van der Waals surface area contributed by atoms with Crippen molar-refractivity contribution in [3.8, 4) is 0 Å². The largest absolute Gasteiger partial charge is 0.369 e. The van der Waals surface area contributed by atoms with E-state index in [2.05, 4.69) is 20.3 Å². The number of hydrogen-bond donors (Lipinski definition) is 2. The third-order valence-electron chi connectivity index (χ3n) is 4.24. The summed E-state index contributed by atoms with van der Waals surface area (Å²) in [5.74, 6) is -0.249. The molecule has 0 bridgehead atoms. The molecule has 2 heterocycles. The molecule has 2 aromatic rings. The Kier molecular flexibility index (Phi) is 4.18. The SMILES string of the molecule is NC(=O)Cc1cnc(NCC2(c3ncccc3F)CCC2)nc1. The Morgan fingerprint density at radius 2 is 2.04 bits per heavy atom. The highest BCUT2D eigenvalue weighted by Gasteiger charge is 2.41. The lowest BCUT2D eigenvalue weighted by Crippen LogP contribution is -2.42. The van der Waals surface area contributed by atoms with Crippen LogP contribution in [0.3, 0.4) is 0 Å². The molecule has 1 aliphatic carbocycles. The van der Waals surface area contributed by atoms with Crippen LogP contribution in [0.4, 0.5) is 10.3 Å². The summed E-state index contributed by atoms with van der Waals surface area (Å²) in [6.45, 7) is 0.524. The van der Waals surface area contributed by atoms with E-state index < -0.39 is 5.91 Å². The molecule has 1 saturated carbocycles. The second kappa shape index (κ2) is 6.28. The van der Waals surface area contributed by atoms with Gasteiger partial charge in [0, 0.05) is 30.6 Å². The zero-order valence-corrected chi connectivity index (χ0v) is 12.6. The van der Waals surface area contributed by atoms with E-state index in [1.54, 1.807) is 24.7 Å². The van der Waals surface area contributed by atoms with Crippen molar-refractivity contribution in [2.24, 2.45) is 5.73 Å². The van der Waals surface area contributed by atoms with Gasteiger partial charge in [-0.25, -0.2) is 14.4 Å². The van der Waals surface area contributed by atoms with Crippen molar-refractivity contribution in [2.45, 2.75) is 31.1 Å². The van der Waals surface area contributed by atoms with Crippen molar-refractivity contribution in [3.05, 3.63) is 47.8 Å². The van der Waals surface area contributed by atoms with Gasteiger partial charge in [0.15, 0.2) is 0 Å². The molecule has 3 N–H and O–H groups in total. The molecule has 2 aromatic heterocycles. The number of halogens is 1. The Labute approximate surface area is 133 Å². The molecule has 0 unspecified atom stereocenters. The van der Waals surface area contributed by atoms with Gasteiger partial charge in [-0.2, -0.15) is 0 Å². The number of nitrogens with two attached hydrogens (primary N) is 1. The van der Waals surface area contributed by atoms with E-state index in [9.17, 15) is 9.18 Å². The normalized spacial score (nSPS) is 15.7. The van der Waals surface area contributed by atoms with Crippen molar-refractivity contribution < 1.29 is 9.18 Å². The zero-order chi connectivity index (χ0) is 16.3. The molecule has 0 aliphatic heterocycles. The molecular weight excluding hydrogens is 297 g/mol. The summed E-state index contributed by atoms with van der Waals surface area (Å²) in [6, 6.07) is 3.04. The molecule has 3 rings (SSSR count). The molecule has 1 amide bonds. The van der Waals surface area contributed by atoms with Gasteiger partial charge in [0.05, 0.1) is 12.1 Å². The average molecular weight is 315 g/mol. The number of carbonyl (C=O) groups excluding carboxylic acids is 1. The van der Waals surface area contributed by atoms with Crippen molar-refractivity contribution in [1.29, 1.82) is 0 Å². The zero-order valence-electron chi connectivity index (χ0n) is 12.6. The predicted molar refractivity (Wildman–Crippen MR) is 83.1 cm³/mol. The number of nitrogens with one attached hydrogen (secondary N) is 1. The number of pyridine rings is 1. The van der Waals surface area contributed by atoms with Crippen LogP contribution in [0.15, 0.2) is 30.7 Å². The number of carbonyl (C=O) groups is 1. The quantitative estimate of drug-likeness (QED) is 0.844. The van der Waals surface area contributed by atoms with Crippen LogP contribution in [0.1, 0.15) is 30.5 Å². The maximum atomic E-state index is 14.0. The summed E-state index contributed by atoms with van der Waals surface area (Å²) in [6.07, 6.45) is 7.68. The van der Waals surface area contributed by atoms with E-state index in [-0.39, 0.29) is 17.7 Å². The van der Waals surface area contributed by atoms with Gasteiger partial charge in [0.1, 0.15) is 5.82 Å². The van der Waals surface area contributed by atoms with E-state index in [4.69, 9.17) is 5.73 Å². The molecule has 1 aliphatic rings. The number of hydrogen-bond acceptors (Lipinski definition) is 5. The smallest absolute Gasteiger partial charge is 0.222 e. The summed E-state index contributed by atoms with van der Waals surface area (Å²) in [4.78, 5) is 23.4. The minimum atomic E-state index is -0.423. The third-order valence-corrected chi connectivity index (χ3v) is 4.24. The molecule has 0 spiro atoms. The number of aromatic nitrogens is 3. The Hall–Kier alpha value is -2.57. The first-order chi connectivity index (χ1) is 11.1. The van der Waals surface area contributed by atoms with Gasteiger partial charge in [0.25, 0.3) is 0 Å². The van der Waals surface area contributed by atoms with Crippen molar-refractivity contribution in [3.63, 3.8) is 0 Å². The minimum Gasteiger partial charge on any atom is -0.369 e. The van der Waals surface area contributed by atoms with Crippen LogP contribution >= 0.6 is 0 Å². The van der Waals surface area contributed by atoms with Gasteiger partial charge in [-0.3, -0.25) is 9.78 Å². The Bertz CT molecular complexity index is 700. The minimum absolute atomic E-state index is 0.114. The van der Waals surface area contributed by atoms with E-state index in [1.807, 2.05) is 0 Å². The van der Waals surface area contributed by atoms with Crippen molar-refractivity contribution >= 4 is 11.9 Å². The Morgan fingerprint density at radius 3 is 2.61 bits per heavy atom. The highest BCUT2D eigenvalue weighted by molar-refractivity contribution is 5.76. The van der Waals surface area contributed by atoms with Crippen molar-refractivity contribution in [2.75, 3.05) is 11.9 Å². The summed E-state index contributed by atoms with van der Waals surface area (Å²) in [5, 5.41) is 3.15. The Morgan fingerprint density at radius 1 is 1.30 bits per heavy atom. The van der Waals surface area contributed by atoms with E-state index >= 15 is 0 Å². The molecule has 0 atom stereocenters. The van der Waals surface area contributed by atoms with Crippen LogP contribution in [0.5, 0.6) is 0 Å². The van der Waals surface area contributed by atoms with Gasteiger partial charge < -0.3 is 11.1 Å². The van der Waals surface area contributed by atoms with Gasteiger partial charge in [-0.1, -0.05) is 6.42 Å². The Balaban J connectivity index is 1.69. The van der Waals surface area contributed by atoms with Gasteiger partial charge in [-0.05, 0) is 30.5 Å². The fourth-order valence-electron chi connectivity index (χ4n) is 2.86. The molecular formula is C16H18FN5O. The van der Waals surface area contributed by atoms with Crippen LogP contribution in [0, 0.1) is 5.82 Å². The third kappa shape index (κ3) is 3.28. The monoisotopic (exact) mass is 315 g/mol. The van der Waals surface area contributed by atoms with E-state index in [1.165, 1.54) is 6.07 Å². The second-order valence-corrected chi connectivity index (χ2v) is 5.88. The van der Waals surface area contributed by atoms with Crippen LogP contribution in [0.2, 0.25) is 0 Å². The molecule has 0 saturated heterocycles. The first-order valence-corrected chi connectivity index (χ1v) is 7.53. The number of rotatable bonds is 6. The summed E-state index contributed by atoms with van der Waals surface area (Å²) >= 11 is 0. The van der Waals surface area contributed by atoms with E-state index in [0.29, 0.717) is 23.8 Å². The topological polar surface area (TPSA) is 93.8 Å². The highest BCUT2D eigenvalue weighted by Crippen LogP contribution is 2.43. The second-order valence-electron chi connectivity index (χ2n) is 5.88. The van der Waals surface area contributed by atoms with Crippen LogP contribution in [-0.2, 0) is 16.6 Å². The number of nitrogens with zero attached hydrogens (tertiary/aromatic N) is 3. The molecule has 23 heavy (non-hydrogen) atoms. The van der Waals surface area contributed by atoms with Crippen molar-refractivity contribution in [1.82, 2.24) is 15.0 Å². The lowest BCUT2D eigenvalue weighted by atomic mass is 9.66.